The molecule has 0 amide bonds. The average Bonchev–Trinajstić information content (AvgIpc) is 3.14. The number of nitrogens with one attached hydrogen (secondary N) is 1. The molecule has 10 nitrogen and oxygen atoms in total. The van der Waals surface area contributed by atoms with Crippen LogP contribution in [-0.2, 0) is 23.8 Å². The predicted octanol–water partition coefficient (Wildman–Crippen LogP) is 4.61. The summed E-state index contributed by atoms with van der Waals surface area (Å²) in [7, 11) is 1.53. The van der Waals surface area contributed by atoms with Crippen LogP contribution < -0.4 is 16.6 Å². The summed E-state index contributed by atoms with van der Waals surface area (Å²) < 4.78 is 2.31. The lowest BCUT2D eigenvalue weighted by Gasteiger charge is -2.39. The first-order valence-electron chi connectivity index (χ1n) is 15.4. The molecular weight excluding hydrogens is 604 g/mol. The Morgan fingerprint density at radius 1 is 0.729 bits per heavy atom. The van der Waals surface area contributed by atoms with Crippen LogP contribution in [0.4, 0.5) is 0 Å². The summed E-state index contributed by atoms with van der Waals surface area (Å²) in [4.78, 5) is 53.2. The standard InChI is InChI=1S/C38H30N6O4/c1-43-34-33(40-22-23-41-34)35(45)44(37(43)48)31-20-19-25(29-18-11-21-39-32(29)31)24-30(36(46)47)42-38(26-12-5-2-6-13-26,27-14-7-3-8-15-27)28-16-9-4-10-17-28/h2-23,30,42H,24H2,1H3,(H,46,47)/t30-/m0/s1. The van der Waals surface area contributed by atoms with Gasteiger partial charge in [-0.15, -0.1) is 0 Å². The lowest BCUT2D eigenvalue weighted by Crippen LogP contribution is -2.53. The van der Waals surface area contributed by atoms with Gasteiger partial charge in [0, 0.05) is 31.0 Å². The second kappa shape index (κ2) is 12.5. The molecule has 3 aromatic heterocycles. The summed E-state index contributed by atoms with van der Waals surface area (Å²) in [5, 5.41) is 15.0. The van der Waals surface area contributed by atoms with E-state index in [0.717, 1.165) is 21.3 Å². The van der Waals surface area contributed by atoms with E-state index in [1.54, 1.807) is 24.4 Å². The number of hydrogen-bond acceptors (Lipinski definition) is 7. The van der Waals surface area contributed by atoms with Crippen LogP contribution >= 0.6 is 0 Å². The number of pyridine rings is 1. The number of rotatable bonds is 9. The maximum atomic E-state index is 13.6. The second-order valence-electron chi connectivity index (χ2n) is 11.4. The lowest BCUT2D eigenvalue weighted by atomic mass is 9.76. The Hall–Kier alpha value is -6.26. The lowest BCUT2D eigenvalue weighted by molar-refractivity contribution is -0.139. The van der Waals surface area contributed by atoms with Crippen molar-refractivity contribution in [2.24, 2.45) is 7.05 Å². The van der Waals surface area contributed by atoms with Gasteiger partial charge in [0.1, 0.15) is 6.04 Å². The number of carbonyl (C=O) groups is 1. The Balaban J connectivity index is 1.38. The number of benzene rings is 4. The second-order valence-corrected chi connectivity index (χ2v) is 11.4. The maximum absolute atomic E-state index is 13.6. The van der Waals surface area contributed by atoms with Gasteiger partial charge >= 0.3 is 11.7 Å². The summed E-state index contributed by atoms with van der Waals surface area (Å²) in [6.45, 7) is 0. The molecule has 0 unspecified atom stereocenters. The van der Waals surface area contributed by atoms with Gasteiger partial charge in [-0.05, 0) is 40.8 Å². The molecule has 7 aromatic rings. The first kappa shape index (κ1) is 30.4. The van der Waals surface area contributed by atoms with Crippen molar-refractivity contribution in [1.29, 1.82) is 0 Å². The first-order valence-corrected chi connectivity index (χ1v) is 15.4. The SMILES string of the molecule is Cn1c(=O)n(-c2ccc(C[C@H](NC(c3ccccc3)(c3ccccc3)c3ccccc3)C(=O)O)c3cccnc23)c(=O)c2nccnc21. The fourth-order valence-corrected chi connectivity index (χ4v) is 6.44. The highest BCUT2D eigenvalue weighted by Gasteiger charge is 2.40. The van der Waals surface area contributed by atoms with E-state index in [4.69, 9.17) is 0 Å². The van der Waals surface area contributed by atoms with Gasteiger partial charge in [-0.3, -0.25) is 24.5 Å². The molecule has 0 radical (unpaired) electrons. The van der Waals surface area contributed by atoms with Crippen LogP contribution in [0.1, 0.15) is 22.3 Å². The fraction of sp³-hybridized carbons (Fsp3) is 0.105. The smallest absolute Gasteiger partial charge is 0.337 e. The van der Waals surface area contributed by atoms with Crippen LogP contribution in [0.3, 0.4) is 0 Å². The quantitative estimate of drug-likeness (QED) is 0.220. The van der Waals surface area contributed by atoms with Crippen LogP contribution in [0.2, 0.25) is 0 Å². The topological polar surface area (TPSA) is 132 Å². The number of carboxylic acid groups (broad SMARTS) is 1. The molecule has 0 saturated carbocycles. The monoisotopic (exact) mass is 634 g/mol. The van der Waals surface area contributed by atoms with Gasteiger partial charge in [0.25, 0.3) is 5.56 Å². The number of aryl methyl sites for hydroxylation is 1. The van der Waals surface area contributed by atoms with Gasteiger partial charge in [0.15, 0.2) is 11.2 Å². The predicted molar refractivity (Wildman–Crippen MR) is 183 cm³/mol. The van der Waals surface area contributed by atoms with E-state index in [9.17, 15) is 19.5 Å². The highest BCUT2D eigenvalue weighted by Crippen LogP contribution is 2.38. The van der Waals surface area contributed by atoms with Crippen LogP contribution in [0.25, 0.3) is 27.8 Å². The summed E-state index contributed by atoms with van der Waals surface area (Å²) in [5.74, 6) is -1.04. The molecule has 0 aliphatic heterocycles. The van der Waals surface area contributed by atoms with E-state index in [2.05, 4.69) is 20.3 Å². The molecule has 0 bridgehead atoms. The summed E-state index contributed by atoms with van der Waals surface area (Å²) >= 11 is 0. The molecule has 7 rings (SSSR count). The summed E-state index contributed by atoms with van der Waals surface area (Å²) in [6.07, 6.45) is 4.47. The minimum atomic E-state index is -1.08. The molecular formula is C38H30N6O4. The Kier molecular flexibility index (Phi) is 7.92. The number of aromatic nitrogens is 5. The van der Waals surface area contributed by atoms with Crippen molar-refractivity contribution in [2.45, 2.75) is 18.0 Å². The molecule has 10 heteroatoms. The van der Waals surface area contributed by atoms with Gasteiger partial charge in [0.05, 0.1) is 16.7 Å². The average molecular weight is 635 g/mol. The molecule has 0 saturated heterocycles. The van der Waals surface area contributed by atoms with Crippen molar-refractivity contribution >= 4 is 28.0 Å². The maximum Gasteiger partial charge on any atom is 0.337 e. The highest BCUT2D eigenvalue weighted by atomic mass is 16.4. The molecule has 0 fully saturated rings. The van der Waals surface area contributed by atoms with E-state index in [1.165, 1.54) is 24.0 Å². The van der Waals surface area contributed by atoms with E-state index in [1.807, 2.05) is 97.1 Å². The van der Waals surface area contributed by atoms with E-state index in [-0.39, 0.29) is 23.3 Å². The van der Waals surface area contributed by atoms with Crippen molar-refractivity contribution in [3.05, 3.63) is 177 Å². The number of nitrogens with zero attached hydrogens (tertiary/aromatic N) is 5. The van der Waals surface area contributed by atoms with Gasteiger partial charge in [-0.1, -0.05) is 103 Å². The zero-order valence-electron chi connectivity index (χ0n) is 25.9. The van der Waals surface area contributed by atoms with Crippen LogP contribution in [0.5, 0.6) is 0 Å². The fourth-order valence-electron chi connectivity index (χ4n) is 6.44. The van der Waals surface area contributed by atoms with Gasteiger partial charge < -0.3 is 5.11 Å². The third-order valence-corrected chi connectivity index (χ3v) is 8.69. The molecule has 48 heavy (non-hydrogen) atoms. The molecule has 2 N–H and O–H groups in total. The molecule has 0 aliphatic rings. The van der Waals surface area contributed by atoms with Crippen molar-refractivity contribution in [3.8, 4) is 5.69 Å². The molecule has 1 atom stereocenters. The third-order valence-electron chi connectivity index (χ3n) is 8.69. The van der Waals surface area contributed by atoms with Crippen molar-refractivity contribution in [3.63, 3.8) is 0 Å². The van der Waals surface area contributed by atoms with E-state index in [0.29, 0.717) is 16.5 Å². The molecule has 236 valence electrons. The van der Waals surface area contributed by atoms with Crippen LogP contribution in [0.15, 0.2) is 143 Å². The number of aliphatic carboxylic acids is 1. The Bertz CT molecular complexity index is 2300. The number of fused-ring (bicyclic) bond motifs is 2. The van der Waals surface area contributed by atoms with Crippen LogP contribution in [-0.4, -0.2) is 41.2 Å². The molecule has 3 heterocycles. The first-order chi connectivity index (χ1) is 23.4. The summed E-state index contributed by atoms with van der Waals surface area (Å²) in [6, 6.07) is 35.3. The summed E-state index contributed by atoms with van der Waals surface area (Å²) in [5.41, 5.74) is 1.93. The van der Waals surface area contributed by atoms with Crippen molar-refractivity contribution in [2.75, 3.05) is 0 Å². The molecule has 4 aromatic carbocycles. The number of hydrogen-bond donors (Lipinski definition) is 2. The van der Waals surface area contributed by atoms with E-state index < -0.39 is 28.8 Å². The van der Waals surface area contributed by atoms with Gasteiger partial charge in [-0.2, -0.15) is 0 Å². The third kappa shape index (κ3) is 5.14. The van der Waals surface area contributed by atoms with Gasteiger partial charge in [0.2, 0.25) is 0 Å². The van der Waals surface area contributed by atoms with Crippen LogP contribution in [0, 0.1) is 0 Å². The molecule has 0 spiro atoms. The highest BCUT2D eigenvalue weighted by molar-refractivity contribution is 5.90. The van der Waals surface area contributed by atoms with E-state index >= 15 is 0 Å². The molecule has 0 aliphatic carbocycles. The Morgan fingerprint density at radius 3 is 1.88 bits per heavy atom. The van der Waals surface area contributed by atoms with Gasteiger partial charge in [-0.25, -0.2) is 19.3 Å². The number of carboxylic acids is 1. The zero-order chi connectivity index (χ0) is 33.3. The Labute approximate surface area is 274 Å². The minimum Gasteiger partial charge on any atom is -0.480 e. The van der Waals surface area contributed by atoms with Crippen molar-refractivity contribution < 1.29 is 9.90 Å². The van der Waals surface area contributed by atoms with Crippen molar-refractivity contribution in [1.82, 2.24) is 29.4 Å². The minimum absolute atomic E-state index is 0.0435. The largest absolute Gasteiger partial charge is 0.480 e. The zero-order valence-corrected chi connectivity index (χ0v) is 25.9. The normalized spacial score (nSPS) is 12.3. The Morgan fingerprint density at radius 2 is 1.29 bits per heavy atom.